The van der Waals surface area contributed by atoms with E-state index in [1.54, 1.807) is 0 Å². The molecule has 0 saturated heterocycles. The molecule has 0 radical (unpaired) electrons. The van der Waals surface area contributed by atoms with Crippen molar-refractivity contribution in [3.63, 3.8) is 0 Å². The number of rotatable bonds is 4. The average molecular weight is 115 g/mol. The zero-order valence-corrected chi connectivity index (χ0v) is 6.20. The van der Waals surface area contributed by atoms with Crippen molar-refractivity contribution in [2.75, 3.05) is 6.54 Å². The Balaban J connectivity index is 2.86. The lowest BCUT2D eigenvalue weighted by molar-refractivity contribution is 0.533. The second-order valence-corrected chi connectivity index (χ2v) is 2.26. The van der Waals surface area contributed by atoms with Crippen LogP contribution in [0.25, 0.3) is 0 Å². The summed E-state index contributed by atoms with van der Waals surface area (Å²) in [5.74, 6) is 0. The number of nitrogens with one attached hydrogen (secondary N) is 1. The van der Waals surface area contributed by atoms with Gasteiger partial charge in [0, 0.05) is 6.04 Å². The van der Waals surface area contributed by atoms with Crippen molar-refractivity contribution in [3.05, 3.63) is 0 Å². The second kappa shape index (κ2) is 5.10. The van der Waals surface area contributed by atoms with E-state index in [1.165, 1.54) is 12.8 Å². The van der Waals surface area contributed by atoms with E-state index in [-0.39, 0.29) is 0 Å². The van der Waals surface area contributed by atoms with Gasteiger partial charge < -0.3 is 5.32 Å². The Bertz CT molecular complexity index is 43.7. The monoisotopic (exact) mass is 115 g/mol. The Morgan fingerprint density at radius 3 is 2.38 bits per heavy atom. The minimum absolute atomic E-state index is 0.704. The van der Waals surface area contributed by atoms with Crippen molar-refractivity contribution in [2.45, 2.75) is 39.7 Å². The fourth-order valence-electron chi connectivity index (χ4n) is 0.535. The van der Waals surface area contributed by atoms with Crippen molar-refractivity contribution >= 4 is 0 Å². The summed E-state index contributed by atoms with van der Waals surface area (Å²) >= 11 is 0. The summed E-state index contributed by atoms with van der Waals surface area (Å²) in [6.07, 6.45) is 2.48. The van der Waals surface area contributed by atoms with Crippen LogP contribution in [0.1, 0.15) is 33.6 Å². The SMILES string of the molecule is CCCNC(C)CC. The topological polar surface area (TPSA) is 12.0 Å². The summed E-state index contributed by atoms with van der Waals surface area (Å²) in [6.45, 7) is 7.77. The third-order valence-electron chi connectivity index (χ3n) is 1.36. The van der Waals surface area contributed by atoms with Gasteiger partial charge in [-0.1, -0.05) is 13.8 Å². The Morgan fingerprint density at radius 2 is 2.00 bits per heavy atom. The molecule has 1 atom stereocenters. The fourth-order valence-corrected chi connectivity index (χ4v) is 0.535. The van der Waals surface area contributed by atoms with E-state index in [1.807, 2.05) is 0 Å². The highest BCUT2D eigenvalue weighted by atomic mass is 14.9. The number of hydrogen-bond donors (Lipinski definition) is 1. The van der Waals surface area contributed by atoms with Crippen molar-refractivity contribution < 1.29 is 0 Å². The molecular formula is C7H17N. The van der Waals surface area contributed by atoms with Crippen molar-refractivity contribution in [1.29, 1.82) is 0 Å². The lowest BCUT2D eigenvalue weighted by Gasteiger charge is -2.08. The first-order valence-electron chi connectivity index (χ1n) is 3.54. The molecule has 0 aliphatic heterocycles. The normalized spacial score (nSPS) is 13.9. The summed E-state index contributed by atoms with van der Waals surface area (Å²) in [7, 11) is 0. The first kappa shape index (κ1) is 7.96. The molecule has 50 valence electrons. The summed E-state index contributed by atoms with van der Waals surface area (Å²) in [4.78, 5) is 0. The summed E-state index contributed by atoms with van der Waals surface area (Å²) in [5.41, 5.74) is 0. The van der Waals surface area contributed by atoms with Gasteiger partial charge in [0.15, 0.2) is 0 Å². The first-order chi connectivity index (χ1) is 3.81. The molecule has 1 unspecified atom stereocenters. The van der Waals surface area contributed by atoms with Gasteiger partial charge in [-0.2, -0.15) is 0 Å². The summed E-state index contributed by atoms with van der Waals surface area (Å²) < 4.78 is 0. The van der Waals surface area contributed by atoms with Crippen molar-refractivity contribution in [3.8, 4) is 0 Å². The van der Waals surface area contributed by atoms with Crippen LogP contribution in [-0.4, -0.2) is 12.6 Å². The Morgan fingerprint density at radius 1 is 1.38 bits per heavy atom. The molecule has 0 saturated carbocycles. The molecule has 0 aromatic rings. The standard InChI is InChI=1S/C7H17N/c1-4-6-8-7(3)5-2/h7-8H,4-6H2,1-3H3. The smallest absolute Gasteiger partial charge is 0.00360 e. The minimum atomic E-state index is 0.704. The summed E-state index contributed by atoms with van der Waals surface area (Å²) in [5, 5.41) is 3.38. The molecule has 0 aromatic carbocycles. The van der Waals surface area contributed by atoms with Crippen LogP contribution in [0.4, 0.5) is 0 Å². The molecular weight excluding hydrogens is 98.1 g/mol. The highest BCUT2D eigenvalue weighted by Gasteiger charge is 1.92. The Labute approximate surface area is 52.5 Å². The second-order valence-electron chi connectivity index (χ2n) is 2.26. The molecule has 1 N–H and O–H groups in total. The van der Waals surface area contributed by atoms with Gasteiger partial charge in [0.25, 0.3) is 0 Å². The molecule has 8 heavy (non-hydrogen) atoms. The molecule has 0 amide bonds. The quantitative estimate of drug-likeness (QED) is 0.589. The summed E-state index contributed by atoms with van der Waals surface area (Å²) in [6, 6.07) is 0.704. The van der Waals surface area contributed by atoms with Gasteiger partial charge in [-0.05, 0) is 26.3 Å². The minimum Gasteiger partial charge on any atom is -0.314 e. The molecule has 1 nitrogen and oxygen atoms in total. The predicted molar refractivity (Wildman–Crippen MR) is 38.0 cm³/mol. The fraction of sp³-hybridized carbons (Fsp3) is 1.00. The molecule has 0 aromatic heterocycles. The van der Waals surface area contributed by atoms with Crippen LogP contribution < -0.4 is 5.32 Å². The van der Waals surface area contributed by atoms with Crippen LogP contribution in [-0.2, 0) is 0 Å². The van der Waals surface area contributed by atoms with Gasteiger partial charge in [0.1, 0.15) is 0 Å². The lowest BCUT2D eigenvalue weighted by atomic mass is 10.2. The molecule has 0 aliphatic rings. The van der Waals surface area contributed by atoms with Crippen LogP contribution in [0.5, 0.6) is 0 Å². The zero-order chi connectivity index (χ0) is 6.41. The van der Waals surface area contributed by atoms with Gasteiger partial charge in [-0.15, -0.1) is 0 Å². The highest BCUT2D eigenvalue weighted by molar-refractivity contribution is 4.54. The predicted octanol–water partition coefficient (Wildman–Crippen LogP) is 1.78. The van der Waals surface area contributed by atoms with Gasteiger partial charge in [-0.3, -0.25) is 0 Å². The van der Waals surface area contributed by atoms with E-state index in [2.05, 4.69) is 26.1 Å². The van der Waals surface area contributed by atoms with Gasteiger partial charge in [0.05, 0.1) is 0 Å². The zero-order valence-electron chi connectivity index (χ0n) is 6.20. The Hall–Kier alpha value is -0.0400. The van der Waals surface area contributed by atoms with E-state index < -0.39 is 0 Å². The molecule has 0 aliphatic carbocycles. The maximum atomic E-state index is 3.38. The lowest BCUT2D eigenvalue weighted by Crippen LogP contribution is -2.25. The largest absolute Gasteiger partial charge is 0.314 e. The molecule has 0 bridgehead atoms. The van der Waals surface area contributed by atoms with Crippen LogP contribution in [0.15, 0.2) is 0 Å². The maximum Gasteiger partial charge on any atom is 0.00360 e. The van der Waals surface area contributed by atoms with Gasteiger partial charge >= 0.3 is 0 Å². The molecule has 1 heteroatoms. The molecule has 0 fully saturated rings. The average Bonchev–Trinajstić information content (AvgIpc) is 1.83. The molecule has 0 heterocycles. The molecule has 0 spiro atoms. The van der Waals surface area contributed by atoms with E-state index in [0.29, 0.717) is 6.04 Å². The van der Waals surface area contributed by atoms with Gasteiger partial charge in [0.2, 0.25) is 0 Å². The van der Waals surface area contributed by atoms with E-state index in [9.17, 15) is 0 Å². The Kier molecular flexibility index (Phi) is 5.08. The van der Waals surface area contributed by atoms with Crippen molar-refractivity contribution in [2.24, 2.45) is 0 Å². The maximum absolute atomic E-state index is 3.38. The van der Waals surface area contributed by atoms with Crippen molar-refractivity contribution in [1.82, 2.24) is 5.32 Å². The van der Waals surface area contributed by atoms with Crippen LogP contribution in [0, 0.1) is 0 Å². The van der Waals surface area contributed by atoms with Gasteiger partial charge in [-0.25, -0.2) is 0 Å². The van der Waals surface area contributed by atoms with Crippen LogP contribution >= 0.6 is 0 Å². The van der Waals surface area contributed by atoms with E-state index in [0.717, 1.165) is 6.54 Å². The molecule has 0 rings (SSSR count). The first-order valence-corrected chi connectivity index (χ1v) is 3.54. The number of hydrogen-bond acceptors (Lipinski definition) is 1. The van der Waals surface area contributed by atoms with E-state index in [4.69, 9.17) is 0 Å². The third-order valence-corrected chi connectivity index (χ3v) is 1.36. The highest BCUT2D eigenvalue weighted by Crippen LogP contribution is 1.86. The van der Waals surface area contributed by atoms with Crippen LogP contribution in [0.3, 0.4) is 0 Å². The third kappa shape index (κ3) is 4.13. The van der Waals surface area contributed by atoms with E-state index >= 15 is 0 Å². The van der Waals surface area contributed by atoms with Crippen LogP contribution in [0.2, 0.25) is 0 Å².